The van der Waals surface area contributed by atoms with Crippen molar-refractivity contribution in [1.82, 2.24) is 0 Å². The van der Waals surface area contributed by atoms with Crippen molar-refractivity contribution in [3.8, 4) is 0 Å². The number of anilines is 1. The van der Waals surface area contributed by atoms with Crippen LogP contribution in [0.3, 0.4) is 0 Å². The van der Waals surface area contributed by atoms with Crippen LogP contribution >= 0.6 is 11.6 Å². The Morgan fingerprint density at radius 3 is 2.33 bits per heavy atom. The lowest BCUT2D eigenvalue weighted by Crippen LogP contribution is -2.28. The molecule has 0 N–H and O–H groups in total. The first-order chi connectivity index (χ1) is 11.5. The Morgan fingerprint density at radius 2 is 1.71 bits per heavy atom. The molecule has 0 radical (unpaired) electrons. The maximum Gasteiger partial charge on any atom is 0.338 e. The number of halogens is 1. The first-order valence-corrected chi connectivity index (χ1v) is 7.80. The van der Waals surface area contributed by atoms with Crippen LogP contribution in [0.5, 0.6) is 0 Å². The molecule has 2 amide bonds. The molecule has 1 aliphatic rings. The van der Waals surface area contributed by atoms with Gasteiger partial charge in [-0.05, 0) is 42.0 Å². The second-order valence-corrected chi connectivity index (χ2v) is 5.81. The van der Waals surface area contributed by atoms with Gasteiger partial charge in [0.05, 0.1) is 11.3 Å². The van der Waals surface area contributed by atoms with Gasteiger partial charge in [0.2, 0.25) is 11.8 Å². The average molecular weight is 344 g/mol. The summed E-state index contributed by atoms with van der Waals surface area (Å²) in [4.78, 5) is 36.6. The van der Waals surface area contributed by atoms with Gasteiger partial charge in [0.15, 0.2) is 0 Å². The van der Waals surface area contributed by atoms with E-state index in [2.05, 4.69) is 0 Å². The zero-order chi connectivity index (χ0) is 17.1. The third-order valence-corrected chi connectivity index (χ3v) is 3.91. The molecule has 0 atom stereocenters. The summed E-state index contributed by atoms with van der Waals surface area (Å²) in [6, 6.07) is 13.3. The normalized spacial score (nSPS) is 14.1. The summed E-state index contributed by atoms with van der Waals surface area (Å²) in [7, 11) is 0. The molecule has 0 saturated carbocycles. The Hall–Kier alpha value is -2.66. The van der Waals surface area contributed by atoms with Crippen molar-refractivity contribution in [2.75, 3.05) is 4.90 Å². The first-order valence-electron chi connectivity index (χ1n) is 7.42. The molecule has 1 saturated heterocycles. The van der Waals surface area contributed by atoms with Crippen LogP contribution in [-0.4, -0.2) is 17.8 Å². The van der Waals surface area contributed by atoms with Crippen LogP contribution in [0.25, 0.3) is 0 Å². The SMILES string of the molecule is O=C(OCc1cccc(Cl)c1)c1ccc(N2C(=O)CCC2=O)cc1. The molecule has 0 spiro atoms. The highest BCUT2D eigenvalue weighted by Gasteiger charge is 2.30. The van der Waals surface area contributed by atoms with Crippen molar-refractivity contribution >= 4 is 35.1 Å². The van der Waals surface area contributed by atoms with E-state index in [0.717, 1.165) is 10.5 Å². The standard InChI is InChI=1S/C18H14ClNO4/c19-14-3-1-2-12(10-14)11-24-18(23)13-4-6-15(7-5-13)20-16(21)8-9-17(20)22/h1-7,10H,8-9,11H2. The molecule has 0 unspecified atom stereocenters. The summed E-state index contributed by atoms with van der Waals surface area (Å²) < 4.78 is 5.23. The van der Waals surface area contributed by atoms with E-state index in [1.807, 2.05) is 6.07 Å². The van der Waals surface area contributed by atoms with E-state index in [1.54, 1.807) is 30.3 Å². The highest BCUT2D eigenvalue weighted by atomic mass is 35.5. The minimum Gasteiger partial charge on any atom is -0.457 e. The molecule has 24 heavy (non-hydrogen) atoms. The monoisotopic (exact) mass is 343 g/mol. The number of carbonyl (C=O) groups is 3. The molecule has 6 heteroatoms. The van der Waals surface area contributed by atoms with Crippen molar-refractivity contribution < 1.29 is 19.1 Å². The van der Waals surface area contributed by atoms with Crippen LogP contribution in [0, 0.1) is 0 Å². The number of ether oxygens (including phenoxy) is 1. The van der Waals surface area contributed by atoms with Gasteiger partial charge in [-0.15, -0.1) is 0 Å². The number of hydrogen-bond acceptors (Lipinski definition) is 4. The third-order valence-electron chi connectivity index (χ3n) is 3.67. The molecule has 1 fully saturated rings. The summed E-state index contributed by atoms with van der Waals surface area (Å²) in [5.41, 5.74) is 1.61. The second kappa shape index (κ2) is 6.84. The molecule has 0 aliphatic carbocycles. The van der Waals surface area contributed by atoms with Crippen LogP contribution in [0.15, 0.2) is 48.5 Å². The molecule has 2 aromatic carbocycles. The fourth-order valence-electron chi connectivity index (χ4n) is 2.47. The van der Waals surface area contributed by atoms with Crippen LogP contribution in [0.1, 0.15) is 28.8 Å². The van der Waals surface area contributed by atoms with Gasteiger partial charge in [0, 0.05) is 17.9 Å². The van der Waals surface area contributed by atoms with Gasteiger partial charge in [0.25, 0.3) is 0 Å². The summed E-state index contributed by atoms with van der Waals surface area (Å²) in [5.74, 6) is -0.937. The maximum atomic E-state index is 12.1. The third kappa shape index (κ3) is 3.46. The van der Waals surface area contributed by atoms with Crippen molar-refractivity contribution in [1.29, 1.82) is 0 Å². The Balaban J connectivity index is 1.66. The van der Waals surface area contributed by atoms with Gasteiger partial charge in [-0.2, -0.15) is 0 Å². The topological polar surface area (TPSA) is 63.7 Å². The number of benzene rings is 2. The Morgan fingerprint density at radius 1 is 1.04 bits per heavy atom. The first kappa shape index (κ1) is 16.2. The van der Waals surface area contributed by atoms with Crippen molar-refractivity contribution in [3.05, 3.63) is 64.7 Å². The number of rotatable bonds is 4. The van der Waals surface area contributed by atoms with Crippen LogP contribution in [0.2, 0.25) is 5.02 Å². The van der Waals surface area contributed by atoms with E-state index in [4.69, 9.17) is 16.3 Å². The fraction of sp³-hybridized carbons (Fsp3) is 0.167. The fourth-order valence-corrected chi connectivity index (χ4v) is 2.68. The predicted molar refractivity (Wildman–Crippen MR) is 88.7 cm³/mol. The van der Waals surface area contributed by atoms with Gasteiger partial charge in [0.1, 0.15) is 6.61 Å². The lowest BCUT2D eigenvalue weighted by atomic mass is 10.2. The Kier molecular flexibility index (Phi) is 4.62. The maximum absolute atomic E-state index is 12.1. The molecule has 122 valence electrons. The van der Waals surface area contributed by atoms with E-state index < -0.39 is 5.97 Å². The van der Waals surface area contributed by atoms with Crippen LogP contribution in [0.4, 0.5) is 5.69 Å². The van der Waals surface area contributed by atoms with Crippen molar-refractivity contribution in [2.24, 2.45) is 0 Å². The van der Waals surface area contributed by atoms with Gasteiger partial charge in [-0.3, -0.25) is 14.5 Å². The summed E-state index contributed by atoms with van der Waals surface area (Å²) in [6.45, 7) is 0.115. The highest BCUT2D eigenvalue weighted by Crippen LogP contribution is 2.23. The van der Waals surface area contributed by atoms with Gasteiger partial charge < -0.3 is 4.74 Å². The molecular weight excluding hydrogens is 330 g/mol. The highest BCUT2D eigenvalue weighted by molar-refractivity contribution is 6.30. The zero-order valence-electron chi connectivity index (χ0n) is 12.7. The van der Waals surface area contributed by atoms with E-state index in [9.17, 15) is 14.4 Å². The minimum absolute atomic E-state index is 0.115. The molecule has 3 rings (SSSR count). The van der Waals surface area contributed by atoms with E-state index in [-0.39, 0.29) is 31.3 Å². The smallest absolute Gasteiger partial charge is 0.338 e. The number of imide groups is 1. The van der Waals surface area contributed by atoms with Gasteiger partial charge >= 0.3 is 5.97 Å². The van der Waals surface area contributed by atoms with Crippen molar-refractivity contribution in [3.63, 3.8) is 0 Å². The Labute approximate surface area is 143 Å². The van der Waals surface area contributed by atoms with Crippen LogP contribution in [-0.2, 0) is 20.9 Å². The largest absolute Gasteiger partial charge is 0.457 e. The predicted octanol–water partition coefficient (Wildman–Crippen LogP) is 3.35. The molecule has 0 bridgehead atoms. The van der Waals surface area contributed by atoms with Gasteiger partial charge in [-0.1, -0.05) is 23.7 Å². The second-order valence-electron chi connectivity index (χ2n) is 5.38. The summed E-state index contributed by atoms with van der Waals surface area (Å²) in [5, 5.41) is 0.577. The lowest BCUT2D eigenvalue weighted by molar-refractivity contribution is -0.121. The summed E-state index contributed by atoms with van der Waals surface area (Å²) >= 11 is 5.88. The van der Waals surface area contributed by atoms with E-state index in [1.165, 1.54) is 12.1 Å². The van der Waals surface area contributed by atoms with E-state index >= 15 is 0 Å². The number of carbonyl (C=O) groups excluding carboxylic acids is 3. The van der Waals surface area contributed by atoms with Gasteiger partial charge in [-0.25, -0.2) is 4.79 Å². The van der Waals surface area contributed by atoms with E-state index in [0.29, 0.717) is 16.3 Å². The number of hydrogen-bond donors (Lipinski definition) is 0. The van der Waals surface area contributed by atoms with Crippen molar-refractivity contribution in [2.45, 2.75) is 19.4 Å². The molecular formula is C18H14ClNO4. The average Bonchev–Trinajstić information content (AvgIpc) is 2.92. The zero-order valence-corrected chi connectivity index (χ0v) is 13.5. The minimum atomic E-state index is -0.486. The lowest BCUT2D eigenvalue weighted by Gasteiger charge is -2.14. The molecule has 0 aromatic heterocycles. The molecule has 2 aromatic rings. The molecule has 5 nitrogen and oxygen atoms in total. The number of nitrogens with zero attached hydrogens (tertiary/aromatic N) is 1. The number of esters is 1. The summed E-state index contributed by atoms with van der Waals surface area (Å²) in [6.07, 6.45) is 0.449. The molecule has 1 aliphatic heterocycles. The van der Waals surface area contributed by atoms with Crippen LogP contribution < -0.4 is 4.90 Å². The quantitative estimate of drug-likeness (QED) is 0.631. The Bertz CT molecular complexity index is 785. The molecule has 1 heterocycles. The number of amides is 2.